The molecule has 8 nitrogen and oxygen atoms in total. The maximum atomic E-state index is 12.2. The van der Waals surface area contributed by atoms with E-state index in [1.165, 1.54) is 5.56 Å². The molecule has 1 aliphatic rings. The summed E-state index contributed by atoms with van der Waals surface area (Å²) in [7, 11) is 3.57. The van der Waals surface area contributed by atoms with E-state index in [-0.39, 0.29) is 23.6 Å². The van der Waals surface area contributed by atoms with Crippen molar-refractivity contribution in [3.05, 3.63) is 41.7 Å². The maximum absolute atomic E-state index is 12.2. The van der Waals surface area contributed by atoms with Crippen LogP contribution >= 0.6 is 0 Å². The van der Waals surface area contributed by atoms with E-state index in [2.05, 4.69) is 29.0 Å². The number of piperidine rings is 1. The Kier molecular flexibility index (Phi) is 7.09. The van der Waals surface area contributed by atoms with Gasteiger partial charge >= 0.3 is 0 Å². The highest BCUT2D eigenvalue weighted by molar-refractivity contribution is 5.96. The molecule has 1 saturated heterocycles. The van der Waals surface area contributed by atoms with Crippen molar-refractivity contribution in [1.29, 1.82) is 0 Å². The lowest BCUT2D eigenvalue weighted by molar-refractivity contribution is -0.130. The summed E-state index contributed by atoms with van der Waals surface area (Å²) in [5.41, 5.74) is 7.68. The third kappa shape index (κ3) is 5.31. The van der Waals surface area contributed by atoms with Gasteiger partial charge in [-0.3, -0.25) is 9.59 Å². The lowest BCUT2D eigenvalue weighted by Crippen LogP contribution is -2.45. The Labute approximate surface area is 183 Å². The predicted molar refractivity (Wildman–Crippen MR) is 122 cm³/mol. The van der Waals surface area contributed by atoms with Gasteiger partial charge in [0, 0.05) is 38.8 Å². The monoisotopic (exact) mass is 424 g/mol. The lowest BCUT2D eigenvalue weighted by atomic mass is 9.87. The van der Waals surface area contributed by atoms with E-state index in [0.717, 1.165) is 31.5 Å². The van der Waals surface area contributed by atoms with Gasteiger partial charge in [-0.05, 0) is 49.8 Å². The highest BCUT2D eigenvalue weighted by atomic mass is 16.2. The average Bonchev–Trinajstić information content (AvgIpc) is 2.75. The Hall–Kier alpha value is -3.16. The molecular weight excluding hydrogens is 392 g/mol. The number of rotatable bonds is 7. The smallest absolute Gasteiger partial charge is 0.271 e. The fourth-order valence-corrected chi connectivity index (χ4v) is 3.97. The highest BCUT2D eigenvalue weighted by Gasteiger charge is 2.31. The standard InChI is InChI=1S/C23H32N6O2/c1-5-16-8-10-18(11-9-16)26-23-21(22(24)31)25-14-19(27-23)29-12-6-7-17(15(29)2)13-20(30)28(3)4/h8-11,14-15,17H,5-7,12-13H2,1-4H3,(H2,24,31)(H,26,27)/t15-,17+/m1/s1. The molecule has 3 N–H and O–H groups in total. The fraction of sp³-hybridized carbons (Fsp3) is 0.478. The molecule has 0 saturated carbocycles. The summed E-state index contributed by atoms with van der Waals surface area (Å²) in [4.78, 5) is 37.0. The molecule has 2 aromatic rings. The number of carbonyl (C=O) groups excluding carboxylic acids is 2. The lowest BCUT2D eigenvalue weighted by Gasteiger charge is -2.40. The zero-order valence-electron chi connectivity index (χ0n) is 18.8. The van der Waals surface area contributed by atoms with Gasteiger partial charge in [-0.15, -0.1) is 0 Å². The summed E-state index contributed by atoms with van der Waals surface area (Å²) in [5.74, 6) is 0.749. The van der Waals surface area contributed by atoms with Crippen LogP contribution in [0.25, 0.3) is 0 Å². The minimum Gasteiger partial charge on any atom is -0.364 e. The molecule has 3 rings (SSSR count). The van der Waals surface area contributed by atoms with E-state index in [1.54, 1.807) is 25.2 Å². The van der Waals surface area contributed by atoms with Crippen LogP contribution < -0.4 is 16.0 Å². The van der Waals surface area contributed by atoms with Gasteiger partial charge in [0.05, 0.1) is 6.20 Å². The Morgan fingerprint density at radius 2 is 1.97 bits per heavy atom. The van der Waals surface area contributed by atoms with Gasteiger partial charge in [-0.25, -0.2) is 9.97 Å². The molecule has 0 spiro atoms. The maximum Gasteiger partial charge on any atom is 0.271 e. The number of benzene rings is 1. The first-order valence-corrected chi connectivity index (χ1v) is 10.8. The van der Waals surface area contributed by atoms with E-state index in [1.807, 2.05) is 24.3 Å². The van der Waals surface area contributed by atoms with Crippen LogP contribution in [0.4, 0.5) is 17.3 Å². The minimum atomic E-state index is -0.632. The average molecular weight is 425 g/mol. The first-order valence-electron chi connectivity index (χ1n) is 10.8. The van der Waals surface area contributed by atoms with Crippen molar-refractivity contribution in [3.8, 4) is 0 Å². The Balaban J connectivity index is 1.86. The quantitative estimate of drug-likeness (QED) is 0.708. The van der Waals surface area contributed by atoms with Crippen LogP contribution in [-0.4, -0.2) is 53.4 Å². The van der Waals surface area contributed by atoms with E-state index < -0.39 is 5.91 Å². The number of hydrogen-bond acceptors (Lipinski definition) is 6. The molecule has 0 unspecified atom stereocenters. The molecule has 31 heavy (non-hydrogen) atoms. The molecule has 2 heterocycles. The van der Waals surface area contributed by atoms with Gasteiger partial charge in [0.25, 0.3) is 5.91 Å². The van der Waals surface area contributed by atoms with Crippen LogP contribution in [0.1, 0.15) is 49.2 Å². The summed E-state index contributed by atoms with van der Waals surface area (Å²) in [6.45, 7) is 5.04. The third-order valence-electron chi connectivity index (χ3n) is 6.00. The summed E-state index contributed by atoms with van der Waals surface area (Å²) in [6.07, 6.45) is 5.02. The van der Waals surface area contributed by atoms with Crippen molar-refractivity contribution < 1.29 is 9.59 Å². The number of anilines is 3. The van der Waals surface area contributed by atoms with Crippen LogP contribution in [0.15, 0.2) is 30.5 Å². The van der Waals surface area contributed by atoms with Crippen molar-refractivity contribution in [3.63, 3.8) is 0 Å². The summed E-state index contributed by atoms with van der Waals surface area (Å²) in [6, 6.07) is 8.09. The molecule has 2 amide bonds. The van der Waals surface area contributed by atoms with Gasteiger partial charge in [0.1, 0.15) is 5.82 Å². The molecule has 1 aliphatic heterocycles. The molecule has 8 heteroatoms. The third-order valence-corrected chi connectivity index (χ3v) is 6.00. The van der Waals surface area contributed by atoms with E-state index in [4.69, 9.17) is 10.7 Å². The highest BCUT2D eigenvalue weighted by Crippen LogP contribution is 2.31. The number of nitrogens with zero attached hydrogens (tertiary/aromatic N) is 4. The van der Waals surface area contributed by atoms with E-state index in [0.29, 0.717) is 18.1 Å². The Bertz CT molecular complexity index is 928. The molecule has 1 aromatic carbocycles. The van der Waals surface area contributed by atoms with Gasteiger partial charge in [-0.1, -0.05) is 19.1 Å². The van der Waals surface area contributed by atoms with Crippen LogP contribution in [0, 0.1) is 5.92 Å². The zero-order chi connectivity index (χ0) is 22.5. The van der Waals surface area contributed by atoms with Crippen molar-refractivity contribution in [2.45, 2.75) is 45.6 Å². The summed E-state index contributed by atoms with van der Waals surface area (Å²) in [5, 5.41) is 3.20. The summed E-state index contributed by atoms with van der Waals surface area (Å²) < 4.78 is 0. The van der Waals surface area contributed by atoms with E-state index in [9.17, 15) is 9.59 Å². The SMILES string of the molecule is CCc1ccc(Nc2nc(N3CCC[C@@H](CC(=O)N(C)C)[C@H]3C)cnc2C(N)=O)cc1. The van der Waals surface area contributed by atoms with Crippen LogP contribution in [0.2, 0.25) is 0 Å². The fourth-order valence-electron chi connectivity index (χ4n) is 3.97. The molecular formula is C23H32N6O2. The van der Waals surface area contributed by atoms with Crippen LogP contribution in [-0.2, 0) is 11.2 Å². The first kappa shape index (κ1) is 22.5. The molecule has 0 aliphatic carbocycles. The van der Waals surface area contributed by atoms with Crippen LogP contribution in [0.5, 0.6) is 0 Å². The molecule has 166 valence electrons. The van der Waals surface area contributed by atoms with Gasteiger partial charge in [0.15, 0.2) is 11.5 Å². The number of nitrogens with two attached hydrogens (primary N) is 1. The molecule has 1 fully saturated rings. The normalized spacial score (nSPS) is 18.5. The second-order valence-corrected chi connectivity index (χ2v) is 8.29. The Morgan fingerprint density at radius 1 is 1.26 bits per heavy atom. The summed E-state index contributed by atoms with van der Waals surface area (Å²) >= 11 is 0. The van der Waals surface area contributed by atoms with Crippen molar-refractivity contribution >= 4 is 29.1 Å². The number of aryl methyl sites for hydroxylation is 1. The number of nitrogens with one attached hydrogen (secondary N) is 1. The second-order valence-electron chi connectivity index (χ2n) is 8.29. The van der Waals surface area contributed by atoms with Crippen molar-refractivity contribution in [2.24, 2.45) is 11.7 Å². The minimum absolute atomic E-state index is 0.104. The molecule has 0 bridgehead atoms. The van der Waals surface area contributed by atoms with Gasteiger partial charge in [0.2, 0.25) is 5.91 Å². The molecule has 1 aromatic heterocycles. The molecule has 0 radical (unpaired) electrons. The van der Waals surface area contributed by atoms with Crippen molar-refractivity contribution in [2.75, 3.05) is 30.9 Å². The number of aromatic nitrogens is 2. The number of amides is 2. The second kappa shape index (κ2) is 9.76. The number of hydrogen-bond donors (Lipinski definition) is 2. The topological polar surface area (TPSA) is 104 Å². The first-order chi connectivity index (χ1) is 14.8. The largest absolute Gasteiger partial charge is 0.364 e. The van der Waals surface area contributed by atoms with Crippen molar-refractivity contribution in [1.82, 2.24) is 14.9 Å². The number of primary amides is 1. The predicted octanol–water partition coefficient (Wildman–Crippen LogP) is 2.96. The van der Waals surface area contributed by atoms with Gasteiger partial charge in [-0.2, -0.15) is 0 Å². The number of carbonyl (C=O) groups is 2. The van der Waals surface area contributed by atoms with E-state index >= 15 is 0 Å². The zero-order valence-corrected chi connectivity index (χ0v) is 18.8. The Morgan fingerprint density at radius 3 is 2.58 bits per heavy atom. The van der Waals surface area contributed by atoms with Crippen LogP contribution in [0.3, 0.4) is 0 Å². The molecule has 2 atom stereocenters. The van der Waals surface area contributed by atoms with Gasteiger partial charge < -0.3 is 20.9 Å².